The van der Waals surface area contributed by atoms with Crippen LogP contribution in [0.1, 0.15) is 72.4 Å². The zero-order valence-electron chi connectivity index (χ0n) is 17.6. The standard InChI is InChI=1S/C23H28N3O3.Y/c1-23(2)12-20-18(21(28)13-23)9-10-26(20)15-5-8-17(22(24)29)19(11-15)25-14-3-6-16(27)7-4-14;/h5,8,10-11,14,16,25,27H,3-4,6-7,12-13H2,1-2H3,(H2,24,29);/q-1;. The van der Waals surface area contributed by atoms with E-state index in [4.69, 9.17) is 5.73 Å². The zero-order valence-corrected chi connectivity index (χ0v) is 20.4. The van der Waals surface area contributed by atoms with E-state index in [9.17, 15) is 14.7 Å². The van der Waals surface area contributed by atoms with Gasteiger partial charge in [0.25, 0.3) is 5.91 Å². The monoisotopic (exact) mass is 483 g/mol. The summed E-state index contributed by atoms with van der Waals surface area (Å²) in [6.07, 6.45) is 6.08. The summed E-state index contributed by atoms with van der Waals surface area (Å²) in [4.78, 5) is 24.5. The molecule has 0 atom stereocenters. The van der Waals surface area contributed by atoms with Gasteiger partial charge in [0, 0.05) is 50.1 Å². The van der Waals surface area contributed by atoms with Gasteiger partial charge in [-0.1, -0.05) is 32.2 Å². The molecule has 30 heavy (non-hydrogen) atoms. The Kier molecular flexibility index (Phi) is 6.90. The van der Waals surface area contributed by atoms with Crippen LogP contribution in [0, 0.1) is 11.5 Å². The smallest absolute Gasteiger partial charge is 0.250 e. The first-order valence-corrected chi connectivity index (χ1v) is 10.3. The van der Waals surface area contributed by atoms with Crippen molar-refractivity contribution in [3.8, 4) is 5.69 Å². The van der Waals surface area contributed by atoms with E-state index in [1.807, 2.05) is 22.9 Å². The molecule has 1 heterocycles. The number of aliphatic hydroxyl groups excluding tert-OH is 1. The number of primary amides is 1. The summed E-state index contributed by atoms with van der Waals surface area (Å²) >= 11 is 0. The van der Waals surface area contributed by atoms with Crippen molar-refractivity contribution in [2.24, 2.45) is 11.1 Å². The van der Waals surface area contributed by atoms with Crippen molar-refractivity contribution >= 4 is 17.4 Å². The van der Waals surface area contributed by atoms with Crippen molar-refractivity contribution in [3.05, 3.63) is 47.3 Å². The van der Waals surface area contributed by atoms with Gasteiger partial charge in [0.1, 0.15) is 0 Å². The molecule has 1 aromatic carbocycles. The number of anilines is 1. The van der Waals surface area contributed by atoms with Crippen molar-refractivity contribution < 1.29 is 47.4 Å². The Hall–Kier alpha value is -1.50. The van der Waals surface area contributed by atoms with E-state index in [1.165, 1.54) is 0 Å². The molecule has 0 spiro atoms. The summed E-state index contributed by atoms with van der Waals surface area (Å²) in [6.45, 7) is 4.21. The minimum atomic E-state index is -0.479. The van der Waals surface area contributed by atoms with E-state index in [1.54, 1.807) is 6.07 Å². The van der Waals surface area contributed by atoms with Crippen molar-refractivity contribution in [1.82, 2.24) is 4.57 Å². The predicted octanol–water partition coefficient (Wildman–Crippen LogP) is 3.24. The quantitative estimate of drug-likeness (QED) is 0.582. The van der Waals surface area contributed by atoms with Gasteiger partial charge in [-0.05, 0) is 55.7 Å². The average molecular weight is 483 g/mol. The van der Waals surface area contributed by atoms with E-state index in [0.717, 1.165) is 43.5 Å². The summed E-state index contributed by atoms with van der Waals surface area (Å²) in [6, 6.07) is 8.84. The van der Waals surface area contributed by atoms with Gasteiger partial charge < -0.3 is 25.5 Å². The van der Waals surface area contributed by atoms with Crippen LogP contribution in [0.3, 0.4) is 0 Å². The first-order valence-electron chi connectivity index (χ1n) is 10.3. The van der Waals surface area contributed by atoms with E-state index in [-0.39, 0.29) is 56.1 Å². The Morgan fingerprint density at radius 1 is 1.23 bits per heavy atom. The van der Waals surface area contributed by atoms with E-state index in [0.29, 0.717) is 23.2 Å². The first-order chi connectivity index (χ1) is 13.7. The van der Waals surface area contributed by atoms with Gasteiger partial charge >= 0.3 is 0 Å². The molecule has 2 aromatic rings. The Balaban J connectivity index is 0.00000256. The fraction of sp³-hybridized carbons (Fsp3) is 0.478. The number of carbonyl (C=O) groups excluding carboxylic acids is 2. The molecular formula is C23H28N3O3Y-. The van der Waals surface area contributed by atoms with Crippen LogP contribution in [0.25, 0.3) is 5.69 Å². The fourth-order valence-corrected chi connectivity index (χ4v) is 4.55. The van der Waals surface area contributed by atoms with Crippen molar-refractivity contribution in [3.63, 3.8) is 0 Å². The SMILES string of the molecule is CC1(C)CC(=O)c2[c-]cn(-c3ccc(C(N)=O)c(NC4CCC(O)CC4)c3)c2C1.[Y]. The molecule has 4 rings (SSSR count). The Morgan fingerprint density at radius 3 is 2.60 bits per heavy atom. The van der Waals surface area contributed by atoms with Crippen LogP contribution in [-0.2, 0) is 39.1 Å². The minimum absolute atomic E-state index is 0. The van der Waals surface area contributed by atoms with Gasteiger partial charge in [-0.2, -0.15) is 6.07 Å². The average Bonchev–Trinajstić information content (AvgIpc) is 3.06. The molecule has 1 radical (unpaired) electrons. The third-order valence-electron chi connectivity index (χ3n) is 6.08. The second-order valence-corrected chi connectivity index (χ2v) is 9.15. The van der Waals surface area contributed by atoms with Gasteiger partial charge in [-0.25, -0.2) is 0 Å². The van der Waals surface area contributed by atoms with Crippen molar-refractivity contribution in [1.29, 1.82) is 0 Å². The molecule has 157 valence electrons. The molecule has 7 heteroatoms. The summed E-state index contributed by atoms with van der Waals surface area (Å²) < 4.78 is 1.99. The molecule has 0 aliphatic heterocycles. The molecule has 0 unspecified atom stereocenters. The summed E-state index contributed by atoms with van der Waals surface area (Å²) in [7, 11) is 0. The van der Waals surface area contributed by atoms with E-state index < -0.39 is 5.91 Å². The van der Waals surface area contributed by atoms with Crippen LogP contribution in [0.4, 0.5) is 5.69 Å². The van der Waals surface area contributed by atoms with Gasteiger partial charge in [0.2, 0.25) is 0 Å². The second-order valence-electron chi connectivity index (χ2n) is 9.15. The molecule has 0 saturated heterocycles. The van der Waals surface area contributed by atoms with Crippen LogP contribution >= 0.6 is 0 Å². The van der Waals surface area contributed by atoms with Gasteiger partial charge in [0.15, 0.2) is 0 Å². The number of fused-ring (bicyclic) bond motifs is 1. The molecule has 1 fully saturated rings. The number of aromatic nitrogens is 1. The number of benzene rings is 1. The van der Waals surface area contributed by atoms with Crippen LogP contribution < -0.4 is 11.1 Å². The number of nitrogens with one attached hydrogen (secondary N) is 1. The maximum absolute atomic E-state index is 12.5. The minimum Gasteiger partial charge on any atom is -0.393 e. The van der Waals surface area contributed by atoms with Gasteiger partial charge in [-0.3, -0.25) is 4.79 Å². The normalized spacial score (nSPS) is 22.7. The fourth-order valence-electron chi connectivity index (χ4n) is 4.55. The zero-order chi connectivity index (χ0) is 20.8. The largest absolute Gasteiger partial charge is 0.393 e. The number of nitrogens with zero attached hydrogens (tertiary/aromatic N) is 1. The maximum Gasteiger partial charge on any atom is 0.250 e. The molecule has 0 bridgehead atoms. The number of hydrogen-bond donors (Lipinski definition) is 3. The molecule has 1 saturated carbocycles. The molecular weight excluding hydrogens is 455 g/mol. The topological polar surface area (TPSA) is 97.4 Å². The van der Waals surface area contributed by atoms with E-state index >= 15 is 0 Å². The summed E-state index contributed by atoms with van der Waals surface area (Å²) in [5, 5.41) is 13.2. The number of ketones is 1. The van der Waals surface area contributed by atoms with Gasteiger partial charge in [0.05, 0.1) is 17.5 Å². The Labute approximate surface area is 202 Å². The summed E-state index contributed by atoms with van der Waals surface area (Å²) in [5.74, 6) is -0.352. The third-order valence-corrected chi connectivity index (χ3v) is 6.08. The maximum atomic E-state index is 12.5. The van der Waals surface area contributed by atoms with Crippen molar-refractivity contribution in [2.75, 3.05) is 5.32 Å². The molecule has 6 nitrogen and oxygen atoms in total. The Bertz CT molecular complexity index is 959. The molecule has 2 aliphatic rings. The van der Waals surface area contributed by atoms with Gasteiger partial charge in [-0.15, -0.1) is 5.56 Å². The first kappa shape index (κ1) is 23.2. The second kappa shape index (κ2) is 8.93. The number of Topliss-reactive ketones (excluding diaryl/α,β-unsaturated/α-hetero) is 1. The van der Waals surface area contributed by atoms with E-state index in [2.05, 4.69) is 25.2 Å². The molecule has 2 aliphatic carbocycles. The number of carbonyl (C=O) groups is 2. The molecule has 1 aromatic heterocycles. The number of hydrogen-bond acceptors (Lipinski definition) is 4. The van der Waals surface area contributed by atoms with Crippen LogP contribution in [-0.4, -0.2) is 33.5 Å². The molecule has 4 N–H and O–H groups in total. The number of amides is 1. The van der Waals surface area contributed by atoms with Crippen LogP contribution in [0.15, 0.2) is 24.4 Å². The Morgan fingerprint density at radius 2 is 1.93 bits per heavy atom. The van der Waals surface area contributed by atoms with Crippen LogP contribution in [0.5, 0.6) is 0 Å². The van der Waals surface area contributed by atoms with Crippen molar-refractivity contribution in [2.45, 2.75) is 64.5 Å². The van der Waals surface area contributed by atoms with Crippen LogP contribution in [0.2, 0.25) is 0 Å². The number of rotatable bonds is 4. The molecule has 1 amide bonds. The predicted molar refractivity (Wildman–Crippen MR) is 111 cm³/mol. The number of aliphatic hydroxyl groups is 1. The third kappa shape index (κ3) is 4.71. The summed E-state index contributed by atoms with van der Waals surface area (Å²) in [5.41, 5.74) is 9.15. The number of nitrogens with two attached hydrogens (primary N) is 1.